The van der Waals surface area contributed by atoms with Gasteiger partial charge in [0.1, 0.15) is 0 Å². The van der Waals surface area contributed by atoms with Crippen molar-refractivity contribution in [2.24, 2.45) is 11.8 Å². The number of alkyl halides is 2. The van der Waals surface area contributed by atoms with Crippen LogP contribution in [0.1, 0.15) is 49.3 Å². The minimum Gasteiger partial charge on any atom is -0.337 e. The fourth-order valence-corrected chi connectivity index (χ4v) is 4.12. The number of anilines is 1. The van der Waals surface area contributed by atoms with E-state index in [2.05, 4.69) is 22.6 Å². The summed E-state index contributed by atoms with van der Waals surface area (Å²) < 4.78 is 26.8. The maximum absolute atomic E-state index is 13.4. The number of nitrogens with zero attached hydrogens (tertiary/aromatic N) is 2. The topological polar surface area (TPSA) is 73.6 Å². The van der Waals surface area contributed by atoms with Gasteiger partial charge in [0.25, 0.3) is 6.43 Å². The molecule has 6 nitrogen and oxygen atoms in total. The van der Waals surface area contributed by atoms with Gasteiger partial charge < -0.3 is 15.6 Å². The molecule has 1 atom stereocenters. The number of carbonyl (C=O) groups excluding carboxylic acids is 1. The molecular weight excluding hydrogens is 396 g/mol. The van der Waals surface area contributed by atoms with Crippen molar-refractivity contribution in [3.05, 3.63) is 28.8 Å². The highest BCUT2D eigenvalue weighted by Crippen LogP contribution is 2.31. The molecule has 9 heteroatoms. The first-order valence-corrected chi connectivity index (χ1v) is 10.4. The molecule has 3 rings (SSSR count). The van der Waals surface area contributed by atoms with E-state index in [9.17, 15) is 13.6 Å². The molecule has 0 unspecified atom stereocenters. The normalized spacial score (nSPS) is 20.5. The molecule has 0 spiro atoms. The van der Waals surface area contributed by atoms with E-state index in [0.717, 1.165) is 43.5 Å². The molecule has 1 amide bonds. The van der Waals surface area contributed by atoms with Gasteiger partial charge in [-0.3, -0.25) is 9.69 Å². The van der Waals surface area contributed by atoms with E-state index < -0.39 is 6.43 Å². The molecule has 2 aliphatic rings. The van der Waals surface area contributed by atoms with E-state index >= 15 is 0 Å². The van der Waals surface area contributed by atoms with Gasteiger partial charge in [0.05, 0.1) is 0 Å². The number of nitrogens with one attached hydrogen (secondary N) is 2. The summed E-state index contributed by atoms with van der Waals surface area (Å²) in [5, 5.41) is 3.05. The maximum atomic E-state index is 13.4. The summed E-state index contributed by atoms with van der Waals surface area (Å²) in [4.78, 5) is 16.8. The lowest BCUT2D eigenvalue weighted by molar-refractivity contribution is -0.142. The van der Waals surface area contributed by atoms with Crippen molar-refractivity contribution in [1.29, 1.82) is 0 Å². The van der Waals surface area contributed by atoms with Crippen LogP contribution in [-0.4, -0.2) is 46.5 Å². The number of nitrogens with two attached hydrogens (primary N) is 1. The number of rotatable bonds is 5. The molecule has 1 aromatic carbocycles. The van der Waals surface area contributed by atoms with Crippen LogP contribution in [0.3, 0.4) is 0 Å². The van der Waals surface area contributed by atoms with Crippen LogP contribution >= 0.6 is 12.2 Å². The van der Waals surface area contributed by atoms with E-state index in [1.165, 1.54) is 6.07 Å². The second-order valence-electron chi connectivity index (χ2n) is 8.00. The Hall–Kier alpha value is -1.84. The van der Waals surface area contributed by atoms with Crippen molar-refractivity contribution in [3.8, 4) is 0 Å². The SMILES string of the molecule is Cc1c(CN2CCN(C(=O)C3CCC3)[C@@H](C)C2)cc(C(F)F)cc1NC(=S)NN. The second-order valence-corrected chi connectivity index (χ2v) is 8.40. The summed E-state index contributed by atoms with van der Waals surface area (Å²) in [5.74, 6) is 5.77. The van der Waals surface area contributed by atoms with Crippen molar-refractivity contribution in [1.82, 2.24) is 15.2 Å². The summed E-state index contributed by atoms with van der Waals surface area (Å²) in [6.07, 6.45) is 0.566. The Balaban J connectivity index is 1.72. The van der Waals surface area contributed by atoms with Crippen molar-refractivity contribution in [3.63, 3.8) is 0 Å². The summed E-state index contributed by atoms with van der Waals surface area (Å²) in [7, 11) is 0. The number of hydrogen-bond acceptors (Lipinski definition) is 4. The fraction of sp³-hybridized carbons (Fsp3) is 0.600. The monoisotopic (exact) mass is 425 g/mol. The standard InChI is InChI=1S/C20H29F2N5OS/c1-12-10-26(6-7-27(12)19(28)14-4-3-5-14)11-16-8-15(18(21)22)9-17(13(16)2)24-20(29)25-23/h8-9,12,14,18H,3-7,10-11,23H2,1-2H3,(H2,24,25,29)/t12-/m0/s1. The molecule has 29 heavy (non-hydrogen) atoms. The average molecular weight is 426 g/mol. The van der Waals surface area contributed by atoms with Crippen LogP contribution < -0.4 is 16.6 Å². The van der Waals surface area contributed by atoms with E-state index in [4.69, 9.17) is 18.1 Å². The Morgan fingerprint density at radius 2 is 2.07 bits per heavy atom. The van der Waals surface area contributed by atoms with E-state index in [1.54, 1.807) is 6.07 Å². The molecule has 1 aliphatic carbocycles. The highest BCUT2D eigenvalue weighted by molar-refractivity contribution is 7.80. The lowest BCUT2D eigenvalue weighted by atomic mass is 9.84. The predicted molar refractivity (Wildman–Crippen MR) is 113 cm³/mol. The van der Waals surface area contributed by atoms with Gasteiger partial charge in [-0.2, -0.15) is 0 Å². The molecule has 160 valence electrons. The molecule has 1 saturated heterocycles. The third-order valence-electron chi connectivity index (χ3n) is 6.01. The molecule has 0 radical (unpaired) electrons. The van der Waals surface area contributed by atoms with Gasteiger partial charge in [-0.25, -0.2) is 14.6 Å². The number of hydrazine groups is 1. The molecule has 1 aromatic rings. The molecule has 4 N–H and O–H groups in total. The Morgan fingerprint density at radius 1 is 1.34 bits per heavy atom. The van der Waals surface area contributed by atoms with Gasteiger partial charge in [0.2, 0.25) is 5.91 Å². The maximum Gasteiger partial charge on any atom is 0.263 e. The highest BCUT2D eigenvalue weighted by atomic mass is 32.1. The van der Waals surface area contributed by atoms with Gasteiger partial charge in [0.15, 0.2) is 5.11 Å². The third kappa shape index (κ3) is 5.02. The van der Waals surface area contributed by atoms with Gasteiger partial charge >= 0.3 is 0 Å². The van der Waals surface area contributed by atoms with Gasteiger partial charge in [-0.15, -0.1) is 0 Å². The Kier molecular flexibility index (Phi) is 7.02. The minimum absolute atomic E-state index is 0.0558. The van der Waals surface area contributed by atoms with Gasteiger partial charge in [-0.05, 0) is 62.2 Å². The first kappa shape index (κ1) is 21.9. The lowest BCUT2D eigenvalue weighted by Gasteiger charge is -2.42. The lowest BCUT2D eigenvalue weighted by Crippen LogP contribution is -2.55. The molecule has 2 fully saturated rings. The van der Waals surface area contributed by atoms with Crippen LogP contribution in [0, 0.1) is 12.8 Å². The minimum atomic E-state index is -2.58. The van der Waals surface area contributed by atoms with Gasteiger partial charge in [-0.1, -0.05) is 6.42 Å². The highest BCUT2D eigenvalue weighted by Gasteiger charge is 2.34. The summed E-state index contributed by atoms with van der Waals surface area (Å²) in [6.45, 7) is 6.61. The average Bonchev–Trinajstić information content (AvgIpc) is 2.63. The second kappa shape index (κ2) is 9.32. The van der Waals surface area contributed by atoms with Crippen molar-refractivity contribution in [2.75, 3.05) is 25.0 Å². The van der Waals surface area contributed by atoms with E-state index in [-0.39, 0.29) is 28.5 Å². The van der Waals surface area contributed by atoms with Crippen LogP contribution in [0.15, 0.2) is 12.1 Å². The third-order valence-corrected chi connectivity index (χ3v) is 6.23. The van der Waals surface area contributed by atoms with Crippen LogP contribution in [0.25, 0.3) is 0 Å². The number of amides is 1. The molecule has 1 heterocycles. The quantitative estimate of drug-likeness (QED) is 0.383. The molecular formula is C20H29F2N5OS. The van der Waals surface area contributed by atoms with Crippen LogP contribution in [0.5, 0.6) is 0 Å². The zero-order chi connectivity index (χ0) is 21.1. The smallest absolute Gasteiger partial charge is 0.263 e. The molecule has 1 saturated carbocycles. The fourth-order valence-electron chi connectivity index (χ4n) is 4.01. The Morgan fingerprint density at radius 3 is 2.62 bits per heavy atom. The number of hydrogen-bond donors (Lipinski definition) is 3. The predicted octanol–water partition coefficient (Wildman–Crippen LogP) is 2.93. The Labute approximate surface area is 175 Å². The largest absolute Gasteiger partial charge is 0.337 e. The van der Waals surface area contributed by atoms with Crippen molar-refractivity contribution in [2.45, 2.75) is 52.1 Å². The molecule has 0 aromatic heterocycles. The number of halogens is 2. The number of benzene rings is 1. The molecule has 0 bridgehead atoms. The van der Waals surface area contributed by atoms with Crippen LogP contribution in [0.2, 0.25) is 0 Å². The van der Waals surface area contributed by atoms with Crippen molar-refractivity contribution >= 4 is 28.9 Å². The zero-order valence-electron chi connectivity index (χ0n) is 16.9. The number of piperazine rings is 1. The zero-order valence-corrected chi connectivity index (χ0v) is 17.7. The van der Waals surface area contributed by atoms with E-state index in [0.29, 0.717) is 18.8 Å². The summed E-state index contributed by atoms with van der Waals surface area (Å²) in [5.41, 5.74) is 4.45. The van der Waals surface area contributed by atoms with E-state index in [1.807, 2.05) is 11.8 Å². The van der Waals surface area contributed by atoms with Crippen LogP contribution in [0.4, 0.5) is 14.5 Å². The van der Waals surface area contributed by atoms with Crippen LogP contribution in [-0.2, 0) is 11.3 Å². The van der Waals surface area contributed by atoms with Crippen molar-refractivity contribution < 1.29 is 13.6 Å². The number of thiocarbonyl (C=S) groups is 1. The summed E-state index contributed by atoms with van der Waals surface area (Å²) >= 11 is 5.02. The first-order valence-electron chi connectivity index (χ1n) is 10.0. The first-order chi connectivity index (χ1) is 13.8. The van der Waals surface area contributed by atoms with Gasteiger partial charge in [0, 0.05) is 49.4 Å². The summed E-state index contributed by atoms with van der Waals surface area (Å²) in [6, 6.07) is 3.08. The Bertz CT molecular complexity index is 771. The number of carbonyl (C=O) groups is 1. The molecule has 1 aliphatic heterocycles.